The second-order valence-electron chi connectivity index (χ2n) is 4.23. The van der Waals surface area contributed by atoms with Gasteiger partial charge in [-0.1, -0.05) is 0 Å². The lowest BCUT2D eigenvalue weighted by molar-refractivity contribution is -0.134. The van der Waals surface area contributed by atoms with Gasteiger partial charge in [-0.2, -0.15) is 0 Å². The zero-order valence-corrected chi connectivity index (χ0v) is 12.5. The molecule has 0 aliphatic carbocycles. The molecule has 1 N–H and O–H groups in total. The van der Waals surface area contributed by atoms with Gasteiger partial charge in [0.05, 0.1) is 37.5 Å². The normalized spacial score (nSPS) is 11.0. The summed E-state index contributed by atoms with van der Waals surface area (Å²) >= 11 is 0. The lowest BCUT2D eigenvalue weighted by Crippen LogP contribution is -1.99. The molecule has 118 valence electrons. The van der Waals surface area contributed by atoms with Gasteiger partial charge in [-0.05, 0) is 30.3 Å². The quantitative estimate of drug-likeness (QED) is 0.519. The zero-order valence-electron chi connectivity index (χ0n) is 12.5. The Morgan fingerprint density at radius 1 is 1.13 bits per heavy atom. The Balaban J connectivity index is 2.12. The fourth-order valence-electron chi connectivity index (χ4n) is 1.61. The van der Waals surface area contributed by atoms with Gasteiger partial charge in [0.15, 0.2) is 5.82 Å². The minimum atomic E-state index is -0.485. The number of rotatable bonds is 5. The number of nitrogens with zero attached hydrogens (tertiary/aromatic N) is 3. The SMILES string of the molecule is COC(=O)/C=C/c1[nH]cnc1N=Nc1ccc(C(=O)OC)cc1. The number of aromatic nitrogens is 2. The third-order valence-corrected chi connectivity index (χ3v) is 2.78. The number of ether oxygens (including phenoxy) is 2. The smallest absolute Gasteiger partial charge is 0.337 e. The molecule has 0 spiro atoms. The number of esters is 2. The minimum absolute atomic E-state index is 0.321. The monoisotopic (exact) mass is 314 g/mol. The molecule has 0 radical (unpaired) electrons. The van der Waals surface area contributed by atoms with Crippen molar-refractivity contribution in [2.24, 2.45) is 10.2 Å². The van der Waals surface area contributed by atoms with Crippen LogP contribution in [0.3, 0.4) is 0 Å². The number of hydrogen-bond acceptors (Lipinski definition) is 7. The van der Waals surface area contributed by atoms with Crippen molar-refractivity contribution in [2.75, 3.05) is 14.2 Å². The highest BCUT2D eigenvalue weighted by Gasteiger charge is 2.05. The predicted molar refractivity (Wildman–Crippen MR) is 81.6 cm³/mol. The number of imidazole rings is 1. The first kappa shape index (κ1) is 16.1. The van der Waals surface area contributed by atoms with E-state index in [1.165, 1.54) is 32.7 Å². The molecular formula is C15H14N4O4. The molecule has 0 unspecified atom stereocenters. The maximum atomic E-state index is 11.3. The Bertz CT molecular complexity index is 747. The first-order valence-electron chi connectivity index (χ1n) is 6.53. The van der Waals surface area contributed by atoms with Gasteiger partial charge in [0.2, 0.25) is 0 Å². The molecule has 1 aromatic heterocycles. The maximum absolute atomic E-state index is 11.3. The molecule has 0 saturated heterocycles. The summed E-state index contributed by atoms with van der Waals surface area (Å²) in [6.45, 7) is 0. The predicted octanol–water partition coefficient (Wildman–Crippen LogP) is 2.80. The fraction of sp³-hybridized carbons (Fsp3) is 0.133. The van der Waals surface area contributed by atoms with Gasteiger partial charge < -0.3 is 14.5 Å². The van der Waals surface area contributed by atoms with Crippen LogP contribution in [0.25, 0.3) is 6.08 Å². The number of benzene rings is 1. The second-order valence-corrected chi connectivity index (χ2v) is 4.23. The molecule has 2 aromatic rings. The van der Waals surface area contributed by atoms with Crippen LogP contribution >= 0.6 is 0 Å². The van der Waals surface area contributed by atoms with E-state index in [0.29, 0.717) is 22.8 Å². The standard InChI is InChI=1S/C15H14N4O4/c1-22-13(20)8-7-12-14(17-9-16-12)19-18-11-5-3-10(4-6-11)15(21)23-2/h3-9H,1-2H3,(H,16,17)/b8-7+,19-18?. The van der Waals surface area contributed by atoms with Gasteiger partial charge in [-0.15, -0.1) is 10.2 Å². The largest absolute Gasteiger partial charge is 0.466 e. The molecule has 0 aliphatic rings. The summed E-state index contributed by atoms with van der Waals surface area (Å²) in [5.41, 5.74) is 1.49. The Morgan fingerprint density at radius 2 is 1.87 bits per heavy atom. The van der Waals surface area contributed by atoms with Crippen LogP contribution in [-0.4, -0.2) is 36.1 Å². The third-order valence-electron chi connectivity index (χ3n) is 2.78. The van der Waals surface area contributed by atoms with Gasteiger partial charge in [-0.3, -0.25) is 0 Å². The van der Waals surface area contributed by atoms with E-state index >= 15 is 0 Å². The topological polar surface area (TPSA) is 106 Å². The molecular weight excluding hydrogens is 300 g/mol. The Morgan fingerprint density at radius 3 is 2.52 bits per heavy atom. The minimum Gasteiger partial charge on any atom is -0.466 e. The van der Waals surface area contributed by atoms with Crippen LogP contribution in [0.1, 0.15) is 16.1 Å². The molecule has 2 rings (SSSR count). The van der Waals surface area contributed by atoms with E-state index in [1.807, 2.05) is 0 Å². The zero-order chi connectivity index (χ0) is 16.7. The van der Waals surface area contributed by atoms with E-state index in [1.54, 1.807) is 24.3 Å². The second kappa shape index (κ2) is 7.64. The molecule has 0 aliphatic heterocycles. The summed E-state index contributed by atoms with van der Waals surface area (Å²) in [5, 5.41) is 8.02. The van der Waals surface area contributed by atoms with E-state index in [-0.39, 0.29) is 0 Å². The first-order valence-corrected chi connectivity index (χ1v) is 6.53. The van der Waals surface area contributed by atoms with Crippen molar-refractivity contribution in [1.82, 2.24) is 9.97 Å². The lowest BCUT2D eigenvalue weighted by Gasteiger charge is -1.98. The lowest BCUT2D eigenvalue weighted by atomic mass is 10.2. The molecule has 0 fully saturated rings. The summed E-state index contributed by atoms with van der Waals surface area (Å²) in [6, 6.07) is 6.43. The highest BCUT2D eigenvalue weighted by molar-refractivity contribution is 5.89. The average molecular weight is 314 g/mol. The molecule has 1 aromatic carbocycles. The van der Waals surface area contributed by atoms with Gasteiger partial charge in [-0.25, -0.2) is 14.6 Å². The van der Waals surface area contributed by atoms with Crippen LogP contribution < -0.4 is 0 Å². The summed E-state index contributed by atoms with van der Waals surface area (Å²) in [5.74, 6) is -0.584. The van der Waals surface area contributed by atoms with Crippen molar-refractivity contribution in [3.63, 3.8) is 0 Å². The number of H-pyrrole nitrogens is 1. The van der Waals surface area contributed by atoms with Crippen molar-refractivity contribution in [3.8, 4) is 0 Å². The summed E-state index contributed by atoms with van der Waals surface area (Å²) in [6.07, 6.45) is 4.18. The highest BCUT2D eigenvalue weighted by atomic mass is 16.5. The molecule has 1 heterocycles. The fourth-order valence-corrected chi connectivity index (χ4v) is 1.61. The van der Waals surface area contributed by atoms with Crippen molar-refractivity contribution >= 4 is 29.5 Å². The summed E-state index contributed by atoms with van der Waals surface area (Å²) in [4.78, 5) is 29.2. The molecule has 8 nitrogen and oxygen atoms in total. The number of aromatic amines is 1. The van der Waals surface area contributed by atoms with E-state index in [0.717, 1.165) is 0 Å². The Hall–Kier alpha value is -3.29. The van der Waals surface area contributed by atoms with Crippen molar-refractivity contribution < 1.29 is 19.1 Å². The highest BCUT2D eigenvalue weighted by Crippen LogP contribution is 2.20. The molecule has 0 atom stereocenters. The van der Waals surface area contributed by atoms with Crippen molar-refractivity contribution in [3.05, 3.63) is 47.9 Å². The number of carbonyl (C=O) groups is 2. The number of azo groups is 1. The van der Waals surface area contributed by atoms with Crippen LogP contribution in [0.2, 0.25) is 0 Å². The number of methoxy groups -OCH3 is 2. The van der Waals surface area contributed by atoms with E-state index in [9.17, 15) is 9.59 Å². The van der Waals surface area contributed by atoms with Gasteiger partial charge in [0.1, 0.15) is 0 Å². The average Bonchev–Trinajstić information content (AvgIpc) is 3.05. The molecule has 0 bridgehead atoms. The molecule has 8 heteroatoms. The van der Waals surface area contributed by atoms with Crippen LogP contribution in [0.15, 0.2) is 46.9 Å². The van der Waals surface area contributed by atoms with Gasteiger partial charge >= 0.3 is 11.9 Å². The third kappa shape index (κ3) is 4.34. The molecule has 23 heavy (non-hydrogen) atoms. The molecule has 0 saturated carbocycles. The summed E-state index contributed by atoms with van der Waals surface area (Å²) < 4.78 is 9.12. The van der Waals surface area contributed by atoms with Crippen LogP contribution in [0, 0.1) is 0 Å². The van der Waals surface area contributed by atoms with Crippen LogP contribution in [0.5, 0.6) is 0 Å². The first-order chi connectivity index (χ1) is 11.1. The van der Waals surface area contributed by atoms with E-state index < -0.39 is 11.9 Å². The Labute approximate surface area is 131 Å². The van der Waals surface area contributed by atoms with Gasteiger partial charge in [0.25, 0.3) is 0 Å². The maximum Gasteiger partial charge on any atom is 0.337 e. The van der Waals surface area contributed by atoms with Gasteiger partial charge in [0, 0.05) is 6.08 Å². The Kier molecular flexibility index (Phi) is 5.35. The summed E-state index contributed by atoms with van der Waals surface area (Å²) in [7, 11) is 2.61. The van der Waals surface area contributed by atoms with Crippen molar-refractivity contribution in [1.29, 1.82) is 0 Å². The number of carbonyl (C=O) groups excluding carboxylic acids is 2. The van der Waals surface area contributed by atoms with E-state index in [2.05, 4.69) is 29.7 Å². The van der Waals surface area contributed by atoms with E-state index in [4.69, 9.17) is 0 Å². The number of nitrogens with one attached hydrogen (secondary N) is 1. The van der Waals surface area contributed by atoms with Crippen LogP contribution in [0.4, 0.5) is 11.5 Å². The van der Waals surface area contributed by atoms with Crippen LogP contribution in [-0.2, 0) is 14.3 Å². The number of hydrogen-bond donors (Lipinski definition) is 1. The van der Waals surface area contributed by atoms with Crippen molar-refractivity contribution in [2.45, 2.75) is 0 Å². The molecule has 0 amide bonds.